The van der Waals surface area contributed by atoms with Crippen LogP contribution in [0.3, 0.4) is 0 Å². The number of aromatic hydroxyl groups is 1. The number of anilines is 1. The van der Waals surface area contributed by atoms with Crippen LogP contribution in [-0.2, 0) is 6.54 Å². The average molecular weight is 270 g/mol. The number of phenols is 1. The Balaban J connectivity index is 2.19. The molecule has 5 heteroatoms. The molecule has 94 valence electrons. The second kappa shape index (κ2) is 5.23. The lowest BCUT2D eigenvalue weighted by atomic mass is 10.2. The van der Waals surface area contributed by atoms with Gasteiger partial charge in [-0.3, -0.25) is 0 Å². The molecule has 0 amide bonds. The van der Waals surface area contributed by atoms with Crippen molar-refractivity contribution < 1.29 is 13.9 Å². The van der Waals surface area contributed by atoms with E-state index in [4.69, 9.17) is 11.6 Å². The van der Waals surface area contributed by atoms with Gasteiger partial charge in [-0.25, -0.2) is 8.78 Å². The van der Waals surface area contributed by atoms with Gasteiger partial charge in [0, 0.05) is 18.2 Å². The van der Waals surface area contributed by atoms with Crippen LogP contribution in [0.1, 0.15) is 5.56 Å². The monoisotopic (exact) mass is 269 g/mol. The predicted octanol–water partition coefficient (Wildman–Crippen LogP) is 3.94. The summed E-state index contributed by atoms with van der Waals surface area (Å²) in [5.41, 5.74) is 0.610. The lowest BCUT2D eigenvalue weighted by Crippen LogP contribution is -2.03. The van der Waals surface area contributed by atoms with Crippen molar-refractivity contribution in [2.24, 2.45) is 0 Å². The SMILES string of the molecule is Oc1ccccc1CNc1c(F)cc(F)cc1Cl. The summed E-state index contributed by atoms with van der Waals surface area (Å²) >= 11 is 5.74. The molecule has 0 aliphatic carbocycles. The summed E-state index contributed by atoms with van der Waals surface area (Å²) in [5, 5.41) is 12.2. The van der Waals surface area contributed by atoms with Gasteiger partial charge in [0.05, 0.1) is 10.7 Å². The van der Waals surface area contributed by atoms with E-state index in [1.165, 1.54) is 6.07 Å². The first-order valence-electron chi connectivity index (χ1n) is 5.23. The lowest BCUT2D eigenvalue weighted by molar-refractivity contribution is 0.469. The maximum absolute atomic E-state index is 13.5. The molecule has 0 heterocycles. The molecule has 2 N–H and O–H groups in total. The Hall–Kier alpha value is -1.81. The average Bonchev–Trinajstić information content (AvgIpc) is 2.30. The Labute approximate surface area is 108 Å². The van der Waals surface area contributed by atoms with Crippen molar-refractivity contribution in [1.82, 2.24) is 0 Å². The normalized spacial score (nSPS) is 10.4. The molecule has 0 aliphatic heterocycles. The lowest BCUT2D eigenvalue weighted by Gasteiger charge is -2.10. The first-order valence-corrected chi connectivity index (χ1v) is 5.61. The molecule has 0 unspecified atom stereocenters. The first kappa shape index (κ1) is 12.6. The number of phenolic OH excluding ortho intramolecular Hbond substituents is 1. The zero-order chi connectivity index (χ0) is 13.1. The molecule has 0 saturated carbocycles. The second-order valence-electron chi connectivity index (χ2n) is 3.73. The Morgan fingerprint density at radius 1 is 1.17 bits per heavy atom. The van der Waals surface area contributed by atoms with E-state index >= 15 is 0 Å². The van der Waals surface area contributed by atoms with Gasteiger partial charge < -0.3 is 10.4 Å². The minimum atomic E-state index is -0.768. The molecule has 0 fully saturated rings. The summed E-state index contributed by atoms with van der Waals surface area (Å²) in [6, 6.07) is 8.43. The Kier molecular flexibility index (Phi) is 3.67. The van der Waals surface area contributed by atoms with Gasteiger partial charge in [-0.05, 0) is 12.1 Å². The van der Waals surface area contributed by atoms with Crippen LogP contribution >= 0.6 is 11.6 Å². The second-order valence-corrected chi connectivity index (χ2v) is 4.13. The van der Waals surface area contributed by atoms with E-state index in [2.05, 4.69) is 5.32 Å². The van der Waals surface area contributed by atoms with E-state index in [1.54, 1.807) is 18.2 Å². The molecule has 2 aromatic rings. The van der Waals surface area contributed by atoms with Crippen LogP contribution in [0.25, 0.3) is 0 Å². The van der Waals surface area contributed by atoms with Gasteiger partial charge in [-0.2, -0.15) is 0 Å². The summed E-state index contributed by atoms with van der Waals surface area (Å²) in [5.74, 6) is -1.40. The summed E-state index contributed by atoms with van der Waals surface area (Å²) in [6.45, 7) is 0.189. The van der Waals surface area contributed by atoms with E-state index in [-0.39, 0.29) is 23.0 Å². The highest BCUT2D eigenvalue weighted by Crippen LogP contribution is 2.27. The van der Waals surface area contributed by atoms with E-state index in [0.717, 1.165) is 12.1 Å². The van der Waals surface area contributed by atoms with Crippen LogP contribution in [0.4, 0.5) is 14.5 Å². The molecule has 18 heavy (non-hydrogen) atoms. The van der Waals surface area contributed by atoms with Crippen LogP contribution in [0.5, 0.6) is 5.75 Å². The molecule has 0 atom stereocenters. The Bertz CT molecular complexity index is 552. The zero-order valence-corrected chi connectivity index (χ0v) is 10.0. The summed E-state index contributed by atoms with van der Waals surface area (Å²) < 4.78 is 26.3. The van der Waals surface area contributed by atoms with Gasteiger partial charge in [0.15, 0.2) is 5.82 Å². The Morgan fingerprint density at radius 2 is 1.89 bits per heavy atom. The van der Waals surface area contributed by atoms with Gasteiger partial charge in [-0.15, -0.1) is 0 Å². The molecule has 2 aromatic carbocycles. The number of nitrogens with one attached hydrogen (secondary N) is 1. The van der Waals surface area contributed by atoms with Crippen molar-refractivity contribution >= 4 is 17.3 Å². The van der Waals surface area contributed by atoms with Crippen LogP contribution < -0.4 is 5.32 Å². The minimum Gasteiger partial charge on any atom is -0.508 e. The maximum Gasteiger partial charge on any atom is 0.150 e. The molecule has 0 aliphatic rings. The largest absolute Gasteiger partial charge is 0.508 e. The van der Waals surface area contributed by atoms with Crippen molar-refractivity contribution in [3.63, 3.8) is 0 Å². The highest BCUT2D eigenvalue weighted by Gasteiger charge is 2.10. The fraction of sp³-hybridized carbons (Fsp3) is 0.0769. The van der Waals surface area contributed by atoms with Gasteiger partial charge in [0.1, 0.15) is 11.6 Å². The van der Waals surface area contributed by atoms with Crippen LogP contribution in [0.2, 0.25) is 5.02 Å². The number of para-hydroxylation sites is 1. The zero-order valence-electron chi connectivity index (χ0n) is 9.25. The van der Waals surface area contributed by atoms with Crippen LogP contribution in [0, 0.1) is 11.6 Å². The highest BCUT2D eigenvalue weighted by atomic mass is 35.5. The summed E-state index contributed by atoms with van der Waals surface area (Å²) in [7, 11) is 0. The molecule has 0 spiro atoms. The quantitative estimate of drug-likeness (QED) is 0.885. The molecule has 2 nitrogen and oxygen atoms in total. The van der Waals surface area contributed by atoms with Crippen molar-refractivity contribution in [2.45, 2.75) is 6.54 Å². The fourth-order valence-corrected chi connectivity index (χ4v) is 1.82. The number of benzene rings is 2. The molecular weight excluding hydrogens is 260 g/mol. The van der Waals surface area contributed by atoms with Crippen LogP contribution in [-0.4, -0.2) is 5.11 Å². The number of halogens is 3. The standard InChI is InChI=1S/C13H10ClF2NO/c14-10-5-9(15)6-11(16)13(10)17-7-8-3-1-2-4-12(8)18/h1-6,17-18H,7H2. The van der Waals surface area contributed by atoms with Gasteiger partial charge >= 0.3 is 0 Å². The first-order chi connectivity index (χ1) is 8.58. The van der Waals surface area contributed by atoms with Crippen LogP contribution in [0.15, 0.2) is 36.4 Å². The molecule has 0 bridgehead atoms. The highest BCUT2D eigenvalue weighted by molar-refractivity contribution is 6.33. The van der Waals surface area contributed by atoms with E-state index < -0.39 is 11.6 Å². The molecular formula is C13H10ClF2NO. The van der Waals surface area contributed by atoms with Crippen molar-refractivity contribution in [1.29, 1.82) is 0 Å². The smallest absolute Gasteiger partial charge is 0.150 e. The molecule has 0 aromatic heterocycles. The van der Waals surface area contributed by atoms with Crippen molar-refractivity contribution in [3.8, 4) is 5.75 Å². The number of rotatable bonds is 3. The van der Waals surface area contributed by atoms with Gasteiger partial charge in [-0.1, -0.05) is 29.8 Å². The summed E-state index contributed by atoms with van der Waals surface area (Å²) in [4.78, 5) is 0. The van der Waals surface area contributed by atoms with Crippen molar-refractivity contribution in [3.05, 3.63) is 58.6 Å². The summed E-state index contributed by atoms with van der Waals surface area (Å²) in [6.07, 6.45) is 0. The topological polar surface area (TPSA) is 32.3 Å². The number of hydrogen-bond donors (Lipinski definition) is 2. The third-order valence-corrected chi connectivity index (χ3v) is 2.75. The minimum absolute atomic E-state index is 0.0151. The molecule has 0 radical (unpaired) electrons. The van der Waals surface area contributed by atoms with E-state index in [1.807, 2.05) is 0 Å². The third-order valence-electron chi connectivity index (χ3n) is 2.45. The van der Waals surface area contributed by atoms with Gasteiger partial charge in [0.25, 0.3) is 0 Å². The molecule has 2 rings (SSSR count). The van der Waals surface area contributed by atoms with E-state index in [0.29, 0.717) is 5.56 Å². The maximum atomic E-state index is 13.5. The third kappa shape index (κ3) is 2.71. The van der Waals surface area contributed by atoms with E-state index in [9.17, 15) is 13.9 Å². The predicted molar refractivity (Wildman–Crippen MR) is 66.8 cm³/mol. The fourth-order valence-electron chi connectivity index (χ4n) is 1.56. The number of hydrogen-bond acceptors (Lipinski definition) is 2. The molecule has 0 saturated heterocycles. The Morgan fingerprint density at radius 3 is 2.56 bits per heavy atom. The van der Waals surface area contributed by atoms with Crippen molar-refractivity contribution in [2.75, 3.05) is 5.32 Å². The van der Waals surface area contributed by atoms with Gasteiger partial charge in [0.2, 0.25) is 0 Å².